The Morgan fingerprint density at radius 1 is 1.12 bits per heavy atom. The minimum absolute atomic E-state index is 0.0280. The van der Waals surface area contributed by atoms with E-state index in [0.717, 1.165) is 30.0 Å². The molecule has 184 valence electrons. The number of hydrogen-bond donors (Lipinski definition) is 3. The van der Waals surface area contributed by atoms with Gasteiger partial charge in [-0.05, 0) is 63.8 Å². The lowest BCUT2D eigenvalue weighted by molar-refractivity contribution is -0.384. The Bertz CT molecular complexity index is 1120. The Balaban J connectivity index is 1.62. The van der Waals surface area contributed by atoms with Crippen molar-refractivity contribution in [2.45, 2.75) is 62.7 Å². The van der Waals surface area contributed by atoms with Crippen LogP contribution in [0, 0.1) is 16.0 Å². The number of aliphatic hydroxyl groups is 1. The summed E-state index contributed by atoms with van der Waals surface area (Å²) in [7, 11) is -4.17. The summed E-state index contributed by atoms with van der Waals surface area (Å²) in [5.41, 5.74) is 0.536. The number of nitro groups is 1. The highest BCUT2D eigenvalue weighted by Crippen LogP contribution is 2.28. The number of rotatable bonds is 8. The predicted molar refractivity (Wildman–Crippen MR) is 126 cm³/mol. The van der Waals surface area contributed by atoms with Crippen molar-refractivity contribution >= 4 is 27.3 Å². The van der Waals surface area contributed by atoms with E-state index in [4.69, 9.17) is 4.74 Å². The summed E-state index contributed by atoms with van der Waals surface area (Å²) in [5.74, 6) is -0.541. The van der Waals surface area contributed by atoms with Gasteiger partial charge in [0.15, 0.2) is 0 Å². The number of nitro benzene ring substituents is 1. The number of benzene rings is 2. The first-order valence-corrected chi connectivity index (χ1v) is 12.6. The minimum atomic E-state index is -4.17. The SMILES string of the molecule is CC(C)Oc1cccc(N[C@H]2CC[C@@H](C(=O)NS(=O)(=O)c3ccc([N+](=O)[O-])cc3)CC[C@@H]2O)c1. The van der Waals surface area contributed by atoms with Crippen molar-refractivity contribution in [2.24, 2.45) is 5.92 Å². The van der Waals surface area contributed by atoms with Gasteiger partial charge < -0.3 is 15.2 Å². The molecule has 3 atom stereocenters. The molecule has 3 rings (SSSR count). The summed E-state index contributed by atoms with van der Waals surface area (Å²) < 4.78 is 32.9. The number of carbonyl (C=O) groups excluding carboxylic acids is 1. The number of nitrogens with zero attached hydrogens (tertiary/aromatic N) is 1. The van der Waals surface area contributed by atoms with E-state index in [1.165, 1.54) is 0 Å². The average Bonchev–Trinajstić information content (AvgIpc) is 2.95. The maximum atomic E-state index is 12.7. The van der Waals surface area contributed by atoms with Gasteiger partial charge in [-0.25, -0.2) is 13.1 Å². The lowest BCUT2D eigenvalue weighted by Crippen LogP contribution is -2.35. The van der Waals surface area contributed by atoms with Crippen LogP contribution in [0.1, 0.15) is 39.5 Å². The van der Waals surface area contributed by atoms with Crippen molar-refractivity contribution < 1.29 is 28.0 Å². The molecule has 1 amide bonds. The maximum Gasteiger partial charge on any atom is 0.269 e. The van der Waals surface area contributed by atoms with Crippen LogP contribution in [-0.4, -0.2) is 42.6 Å². The van der Waals surface area contributed by atoms with Gasteiger partial charge in [0.05, 0.1) is 28.1 Å². The number of carbonyl (C=O) groups is 1. The van der Waals surface area contributed by atoms with Gasteiger partial charge in [-0.15, -0.1) is 0 Å². The molecule has 10 nitrogen and oxygen atoms in total. The predicted octanol–water partition coefficient (Wildman–Crippen LogP) is 3.22. The molecule has 0 spiro atoms. The van der Waals surface area contributed by atoms with Crippen molar-refractivity contribution in [3.05, 3.63) is 58.6 Å². The number of anilines is 1. The molecule has 1 aliphatic carbocycles. The molecule has 0 unspecified atom stereocenters. The first kappa shape index (κ1) is 25.4. The molecule has 0 bridgehead atoms. The van der Waals surface area contributed by atoms with Gasteiger partial charge in [-0.3, -0.25) is 14.9 Å². The first-order chi connectivity index (χ1) is 16.0. The van der Waals surface area contributed by atoms with Gasteiger partial charge in [0.25, 0.3) is 15.7 Å². The van der Waals surface area contributed by atoms with Crippen LogP contribution in [-0.2, 0) is 14.8 Å². The normalized spacial score (nSPS) is 20.9. The van der Waals surface area contributed by atoms with E-state index in [9.17, 15) is 28.4 Å². The number of ether oxygens (including phenoxy) is 1. The van der Waals surface area contributed by atoms with Crippen molar-refractivity contribution in [2.75, 3.05) is 5.32 Å². The van der Waals surface area contributed by atoms with Crippen LogP contribution >= 0.6 is 0 Å². The number of hydrogen-bond acceptors (Lipinski definition) is 8. The lowest BCUT2D eigenvalue weighted by Gasteiger charge is -2.23. The van der Waals surface area contributed by atoms with E-state index in [2.05, 4.69) is 10.0 Å². The fourth-order valence-electron chi connectivity index (χ4n) is 3.89. The van der Waals surface area contributed by atoms with Crippen LogP contribution in [0.5, 0.6) is 5.75 Å². The van der Waals surface area contributed by atoms with Gasteiger partial charge in [0.1, 0.15) is 5.75 Å². The molecule has 2 aromatic carbocycles. The van der Waals surface area contributed by atoms with Crippen LogP contribution in [0.15, 0.2) is 53.4 Å². The van der Waals surface area contributed by atoms with Crippen molar-refractivity contribution in [1.82, 2.24) is 4.72 Å². The number of non-ortho nitro benzene ring substituents is 1. The van der Waals surface area contributed by atoms with Crippen molar-refractivity contribution in [3.8, 4) is 5.75 Å². The minimum Gasteiger partial charge on any atom is -0.491 e. The molecule has 1 fully saturated rings. The Labute approximate surface area is 198 Å². The molecule has 34 heavy (non-hydrogen) atoms. The van der Waals surface area contributed by atoms with Crippen molar-refractivity contribution in [3.63, 3.8) is 0 Å². The largest absolute Gasteiger partial charge is 0.491 e. The van der Waals surface area contributed by atoms with Crippen LogP contribution in [0.25, 0.3) is 0 Å². The van der Waals surface area contributed by atoms with Crippen LogP contribution in [0.2, 0.25) is 0 Å². The molecule has 1 aliphatic rings. The fraction of sp³-hybridized carbons (Fsp3) is 0.435. The highest BCUT2D eigenvalue weighted by atomic mass is 32.2. The van der Waals surface area contributed by atoms with E-state index in [-0.39, 0.29) is 22.7 Å². The van der Waals surface area contributed by atoms with Crippen LogP contribution in [0.4, 0.5) is 11.4 Å². The van der Waals surface area contributed by atoms with Gasteiger partial charge in [-0.2, -0.15) is 0 Å². The molecule has 1 saturated carbocycles. The smallest absolute Gasteiger partial charge is 0.269 e. The molecule has 0 saturated heterocycles. The molecule has 3 N–H and O–H groups in total. The lowest BCUT2D eigenvalue weighted by atomic mass is 10.00. The molecule has 0 heterocycles. The standard InChI is InChI=1S/C23H29N3O7S/c1-15(2)33-19-5-3-4-17(14-19)24-21-12-6-16(7-13-22(21)27)23(28)25-34(31,32)20-10-8-18(9-11-20)26(29)30/h3-5,8-11,14-16,21-22,24,27H,6-7,12-13H2,1-2H3,(H,25,28)/t16-,21+,22+/m1/s1. The second kappa shape index (κ2) is 10.8. The summed E-state index contributed by atoms with van der Waals surface area (Å²) in [6.45, 7) is 3.87. The second-order valence-electron chi connectivity index (χ2n) is 8.59. The zero-order valence-corrected chi connectivity index (χ0v) is 19.8. The van der Waals surface area contributed by atoms with Crippen LogP contribution in [0.3, 0.4) is 0 Å². The molecule has 0 aromatic heterocycles. The molecular weight excluding hydrogens is 462 g/mol. The summed E-state index contributed by atoms with van der Waals surface area (Å²) in [4.78, 5) is 22.6. The topological polar surface area (TPSA) is 148 Å². The molecular formula is C23H29N3O7S. The van der Waals surface area contributed by atoms with E-state index in [1.54, 1.807) is 0 Å². The fourth-order valence-corrected chi connectivity index (χ4v) is 4.93. The van der Waals surface area contributed by atoms with Gasteiger partial charge >= 0.3 is 0 Å². The van der Waals surface area contributed by atoms with Gasteiger partial charge in [0, 0.05) is 29.8 Å². The van der Waals surface area contributed by atoms with Crippen molar-refractivity contribution in [1.29, 1.82) is 0 Å². The van der Waals surface area contributed by atoms with E-state index >= 15 is 0 Å². The highest BCUT2D eigenvalue weighted by molar-refractivity contribution is 7.90. The summed E-state index contributed by atoms with van der Waals surface area (Å²) in [5, 5.41) is 24.7. The average molecular weight is 492 g/mol. The van der Waals surface area contributed by atoms with E-state index in [1.807, 2.05) is 38.1 Å². The third kappa shape index (κ3) is 6.67. The Kier molecular flexibility index (Phi) is 8.11. The third-order valence-corrected chi connectivity index (χ3v) is 6.99. The Morgan fingerprint density at radius 3 is 2.44 bits per heavy atom. The van der Waals surface area contributed by atoms with E-state index < -0.39 is 32.9 Å². The number of aliphatic hydroxyl groups excluding tert-OH is 1. The van der Waals surface area contributed by atoms with E-state index in [0.29, 0.717) is 31.4 Å². The maximum absolute atomic E-state index is 12.7. The summed E-state index contributed by atoms with van der Waals surface area (Å²) in [6.07, 6.45) is 0.830. The molecule has 2 aromatic rings. The zero-order chi connectivity index (χ0) is 24.9. The number of nitrogens with one attached hydrogen (secondary N) is 2. The molecule has 0 radical (unpaired) electrons. The second-order valence-corrected chi connectivity index (χ2v) is 10.3. The highest BCUT2D eigenvalue weighted by Gasteiger charge is 2.31. The molecule has 11 heteroatoms. The monoisotopic (exact) mass is 491 g/mol. The Hall–Kier alpha value is -3.18. The van der Waals surface area contributed by atoms with Gasteiger partial charge in [0.2, 0.25) is 5.91 Å². The number of amides is 1. The first-order valence-electron chi connectivity index (χ1n) is 11.1. The summed E-state index contributed by atoms with van der Waals surface area (Å²) >= 11 is 0. The van der Waals surface area contributed by atoms with Gasteiger partial charge in [-0.1, -0.05) is 6.07 Å². The summed E-state index contributed by atoms with van der Waals surface area (Å²) in [6, 6.07) is 11.4. The number of sulfonamides is 1. The van der Waals surface area contributed by atoms with Crippen LogP contribution < -0.4 is 14.8 Å². The molecule has 0 aliphatic heterocycles. The Morgan fingerprint density at radius 2 is 1.79 bits per heavy atom. The third-order valence-electron chi connectivity index (χ3n) is 5.62. The quantitative estimate of drug-likeness (QED) is 0.290. The zero-order valence-electron chi connectivity index (χ0n) is 19.0.